The van der Waals surface area contributed by atoms with E-state index in [-0.39, 0.29) is 22.6 Å². The fourth-order valence-electron chi connectivity index (χ4n) is 4.34. The monoisotopic (exact) mass is 537 g/mol. The number of nitrogens with zero attached hydrogens (tertiary/aromatic N) is 5. The van der Waals surface area contributed by atoms with Crippen LogP contribution in [-0.2, 0) is 16.4 Å². The van der Waals surface area contributed by atoms with Gasteiger partial charge in [-0.15, -0.1) is 5.10 Å². The second-order valence-electron chi connectivity index (χ2n) is 8.53. The van der Waals surface area contributed by atoms with Crippen molar-refractivity contribution in [2.24, 2.45) is 0 Å². The normalized spacial score (nSPS) is 12.1. The molecule has 3 heterocycles. The van der Waals surface area contributed by atoms with Gasteiger partial charge in [-0.05, 0) is 54.1 Å². The van der Waals surface area contributed by atoms with Crippen LogP contribution in [0, 0.1) is 5.82 Å². The maximum absolute atomic E-state index is 15.2. The largest absolute Gasteiger partial charge is 0.323 e. The van der Waals surface area contributed by atoms with E-state index in [1.807, 2.05) is 0 Å². The van der Waals surface area contributed by atoms with E-state index in [2.05, 4.69) is 25.4 Å². The highest BCUT2D eigenvalue weighted by atomic mass is 35.5. The number of imidazole rings is 1. The molecule has 3 aromatic heterocycles. The number of halogens is 2. The van der Waals surface area contributed by atoms with Gasteiger partial charge in [-0.25, -0.2) is 22.3 Å². The standard InChI is InChI=1S/C24H17ClFN7O3S/c1-37(35,36)22-10-15(25)3-2-13(22)12-32-20(6-7-27-32)14-8-17(26)23-21(9-14)33(31-30-23)16-4-5-18-19(11-16)29-24(34)28-18/h2-11H,12H2,1H3,(H2,28,29,34). The minimum absolute atomic E-state index is 0.0783. The molecule has 6 aromatic rings. The predicted octanol–water partition coefficient (Wildman–Crippen LogP) is 3.70. The van der Waals surface area contributed by atoms with Gasteiger partial charge in [0.25, 0.3) is 0 Å². The van der Waals surface area contributed by atoms with E-state index in [4.69, 9.17) is 11.6 Å². The van der Waals surface area contributed by atoms with E-state index < -0.39 is 15.7 Å². The van der Waals surface area contributed by atoms with Crippen molar-refractivity contribution in [1.29, 1.82) is 0 Å². The number of aromatic nitrogens is 7. The number of rotatable bonds is 5. The molecule has 0 radical (unpaired) electrons. The summed E-state index contributed by atoms with van der Waals surface area (Å²) in [7, 11) is -3.54. The summed E-state index contributed by atoms with van der Waals surface area (Å²) < 4.78 is 42.9. The quantitative estimate of drug-likeness (QED) is 0.345. The molecular formula is C24H17ClFN7O3S. The van der Waals surface area contributed by atoms with E-state index in [0.717, 1.165) is 6.26 Å². The smallest absolute Gasteiger partial charge is 0.306 e. The first-order chi connectivity index (χ1) is 17.7. The lowest BCUT2D eigenvalue weighted by molar-refractivity contribution is 0.598. The van der Waals surface area contributed by atoms with E-state index in [0.29, 0.717) is 44.1 Å². The van der Waals surface area contributed by atoms with Gasteiger partial charge >= 0.3 is 5.69 Å². The van der Waals surface area contributed by atoms with E-state index in [9.17, 15) is 13.2 Å². The Kier molecular flexibility index (Phi) is 5.24. The molecule has 0 atom stereocenters. The van der Waals surface area contributed by atoms with E-state index in [1.165, 1.54) is 16.8 Å². The lowest BCUT2D eigenvalue weighted by Gasteiger charge is -2.12. The van der Waals surface area contributed by atoms with Gasteiger partial charge in [0.1, 0.15) is 5.52 Å². The molecule has 0 unspecified atom stereocenters. The molecule has 3 aromatic carbocycles. The highest BCUT2D eigenvalue weighted by molar-refractivity contribution is 7.90. The fourth-order valence-corrected chi connectivity index (χ4v) is 5.53. The van der Waals surface area contributed by atoms with Gasteiger partial charge < -0.3 is 9.97 Å². The molecule has 0 fully saturated rings. The molecular weight excluding hydrogens is 521 g/mol. The first-order valence-electron chi connectivity index (χ1n) is 11.0. The summed E-state index contributed by atoms with van der Waals surface area (Å²) in [5.74, 6) is -0.578. The molecule has 186 valence electrons. The second-order valence-corrected chi connectivity index (χ2v) is 11.0. The predicted molar refractivity (Wildman–Crippen MR) is 136 cm³/mol. The van der Waals surface area contributed by atoms with Crippen LogP contribution in [0.3, 0.4) is 0 Å². The number of H-pyrrole nitrogens is 2. The molecule has 0 aliphatic carbocycles. The number of sulfone groups is 1. The third-order valence-electron chi connectivity index (χ3n) is 6.01. The van der Waals surface area contributed by atoms with Gasteiger partial charge in [0.2, 0.25) is 0 Å². The molecule has 6 rings (SSSR count). The third-order valence-corrected chi connectivity index (χ3v) is 7.42. The van der Waals surface area contributed by atoms with Crippen LogP contribution in [0.15, 0.2) is 70.5 Å². The van der Waals surface area contributed by atoms with Crippen molar-refractivity contribution in [3.05, 3.63) is 87.7 Å². The van der Waals surface area contributed by atoms with Gasteiger partial charge in [-0.2, -0.15) is 5.10 Å². The van der Waals surface area contributed by atoms with Crippen molar-refractivity contribution in [3.63, 3.8) is 0 Å². The first-order valence-corrected chi connectivity index (χ1v) is 13.2. The minimum atomic E-state index is -3.54. The first kappa shape index (κ1) is 23.1. The van der Waals surface area contributed by atoms with Crippen LogP contribution in [-0.4, -0.2) is 49.4 Å². The zero-order valence-corrected chi connectivity index (χ0v) is 20.7. The Morgan fingerprint density at radius 2 is 1.84 bits per heavy atom. The third kappa shape index (κ3) is 4.09. The Morgan fingerprint density at radius 1 is 1.03 bits per heavy atom. The zero-order valence-electron chi connectivity index (χ0n) is 19.1. The lowest BCUT2D eigenvalue weighted by Crippen LogP contribution is -2.09. The molecule has 0 saturated carbocycles. The number of fused-ring (bicyclic) bond motifs is 2. The number of nitrogens with one attached hydrogen (secondary N) is 2. The summed E-state index contributed by atoms with van der Waals surface area (Å²) >= 11 is 6.03. The highest BCUT2D eigenvalue weighted by Crippen LogP contribution is 2.29. The van der Waals surface area contributed by atoms with Gasteiger partial charge in [0.15, 0.2) is 15.7 Å². The summed E-state index contributed by atoms with van der Waals surface area (Å²) in [6.45, 7) is 0.122. The Labute approximate surface area is 213 Å². The second kappa shape index (κ2) is 8.39. The van der Waals surface area contributed by atoms with Crippen LogP contribution < -0.4 is 5.69 Å². The summed E-state index contributed by atoms with van der Waals surface area (Å²) in [5.41, 5.74) is 3.49. The molecule has 0 amide bonds. The number of hydrogen-bond acceptors (Lipinski definition) is 6. The van der Waals surface area contributed by atoms with Crippen molar-refractivity contribution >= 4 is 43.5 Å². The Bertz CT molecular complexity index is 2010. The van der Waals surface area contributed by atoms with Gasteiger partial charge in [-0.3, -0.25) is 4.68 Å². The van der Waals surface area contributed by atoms with Crippen LogP contribution in [0.25, 0.3) is 39.0 Å². The molecule has 37 heavy (non-hydrogen) atoms. The molecule has 10 nitrogen and oxygen atoms in total. The van der Waals surface area contributed by atoms with Crippen molar-refractivity contribution < 1.29 is 12.8 Å². The average Bonchev–Trinajstić information content (AvgIpc) is 3.56. The average molecular weight is 538 g/mol. The van der Waals surface area contributed by atoms with Crippen LogP contribution in [0.2, 0.25) is 5.02 Å². The minimum Gasteiger partial charge on any atom is -0.306 e. The van der Waals surface area contributed by atoms with Crippen molar-refractivity contribution in [1.82, 2.24) is 34.7 Å². The highest BCUT2D eigenvalue weighted by Gasteiger charge is 2.19. The topological polar surface area (TPSA) is 131 Å². The number of benzene rings is 3. The van der Waals surface area contributed by atoms with Crippen LogP contribution >= 0.6 is 11.6 Å². The van der Waals surface area contributed by atoms with Crippen LogP contribution in [0.4, 0.5) is 4.39 Å². The molecule has 0 bridgehead atoms. The van der Waals surface area contributed by atoms with Gasteiger partial charge in [0, 0.05) is 23.0 Å². The van der Waals surface area contributed by atoms with Gasteiger partial charge in [0.05, 0.1) is 39.4 Å². The molecule has 0 spiro atoms. The summed E-state index contributed by atoms with van der Waals surface area (Å²) in [5, 5.41) is 12.8. The summed E-state index contributed by atoms with van der Waals surface area (Å²) in [6.07, 6.45) is 2.67. The molecule has 0 aliphatic rings. The summed E-state index contributed by atoms with van der Waals surface area (Å²) in [6, 6.07) is 14.6. The Balaban J connectivity index is 1.45. The molecule has 0 saturated heterocycles. The number of aromatic amines is 2. The fraction of sp³-hybridized carbons (Fsp3) is 0.0833. The Hall–Kier alpha value is -4.29. The SMILES string of the molecule is CS(=O)(=O)c1cc(Cl)ccc1Cn1nccc1-c1cc(F)c2nnn(-c3ccc4[nH]c(=O)[nH]c4c3)c2c1. The Morgan fingerprint density at radius 3 is 2.65 bits per heavy atom. The van der Waals surface area contributed by atoms with Gasteiger partial charge in [-0.1, -0.05) is 22.9 Å². The van der Waals surface area contributed by atoms with E-state index in [1.54, 1.807) is 53.3 Å². The van der Waals surface area contributed by atoms with Crippen molar-refractivity contribution in [2.75, 3.05) is 6.26 Å². The maximum Gasteiger partial charge on any atom is 0.323 e. The lowest BCUT2D eigenvalue weighted by atomic mass is 10.1. The van der Waals surface area contributed by atoms with Crippen LogP contribution in [0.1, 0.15) is 5.56 Å². The van der Waals surface area contributed by atoms with Crippen molar-refractivity contribution in [2.45, 2.75) is 11.4 Å². The van der Waals surface area contributed by atoms with Crippen molar-refractivity contribution in [3.8, 4) is 16.9 Å². The zero-order chi connectivity index (χ0) is 25.9. The van der Waals surface area contributed by atoms with Crippen LogP contribution in [0.5, 0.6) is 0 Å². The molecule has 13 heteroatoms. The number of hydrogen-bond donors (Lipinski definition) is 2. The maximum atomic E-state index is 15.2. The van der Waals surface area contributed by atoms with E-state index >= 15 is 4.39 Å². The summed E-state index contributed by atoms with van der Waals surface area (Å²) in [4.78, 5) is 17.1. The molecule has 0 aliphatic heterocycles. The molecule has 2 N–H and O–H groups in total.